The van der Waals surface area contributed by atoms with Crippen LogP contribution in [0, 0.1) is 0 Å². The van der Waals surface area contributed by atoms with E-state index < -0.39 is 11.9 Å². The number of hydrogen-bond acceptors (Lipinski definition) is 8. The first-order chi connectivity index (χ1) is 24.5. The summed E-state index contributed by atoms with van der Waals surface area (Å²) in [6, 6.07) is 38.6. The van der Waals surface area contributed by atoms with Gasteiger partial charge >= 0.3 is 11.9 Å². The van der Waals surface area contributed by atoms with Crippen LogP contribution in [-0.4, -0.2) is 37.6 Å². The molecule has 8 heteroatoms. The van der Waals surface area contributed by atoms with Crippen LogP contribution in [0.15, 0.2) is 131 Å². The van der Waals surface area contributed by atoms with E-state index in [1.54, 1.807) is 48.8 Å². The number of hydrogen-bond donors (Lipinski definition) is 0. The minimum Gasteiger partial charge on any atom is -0.490 e. The molecule has 0 aliphatic rings. The molecule has 6 aromatic rings. The Labute approximate surface area is 290 Å². The monoisotopic (exact) mass is 664 g/mol. The summed E-state index contributed by atoms with van der Waals surface area (Å²) >= 11 is 0. The van der Waals surface area contributed by atoms with E-state index in [1.165, 1.54) is 0 Å². The van der Waals surface area contributed by atoms with Crippen molar-refractivity contribution >= 4 is 57.3 Å². The third-order valence-electron chi connectivity index (χ3n) is 7.71. The van der Waals surface area contributed by atoms with Gasteiger partial charge in [-0.3, -0.25) is 19.6 Å². The molecule has 6 rings (SSSR count). The van der Waals surface area contributed by atoms with E-state index in [4.69, 9.17) is 18.9 Å². The largest absolute Gasteiger partial charge is 0.490 e. The maximum atomic E-state index is 12.8. The highest BCUT2D eigenvalue weighted by atomic mass is 16.6. The van der Waals surface area contributed by atoms with Gasteiger partial charge in [0.2, 0.25) is 0 Å². The van der Waals surface area contributed by atoms with Gasteiger partial charge in [0.1, 0.15) is 0 Å². The average Bonchev–Trinajstić information content (AvgIpc) is 3.14. The summed E-state index contributed by atoms with van der Waals surface area (Å²) in [4.78, 5) is 34.7. The highest BCUT2D eigenvalue weighted by Crippen LogP contribution is 2.31. The van der Waals surface area contributed by atoms with Crippen LogP contribution in [0.1, 0.15) is 37.8 Å². The Bertz CT molecular complexity index is 2050. The third-order valence-corrected chi connectivity index (χ3v) is 7.71. The Hall–Kier alpha value is -6.28. The van der Waals surface area contributed by atoms with Crippen molar-refractivity contribution in [3.63, 3.8) is 0 Å². The lowest BCUT2D eigenvalue weighted by molar-refractivity contribution is -0.140. The van der Waals surface area contributed by atoms with Gasteiger partial charge in [0.15, 0.2) is 23.0 Å². The summed E-state index contributed by atoms with van der Waals surface area (Å²) in [6.45, 7) is 4.44. The first-order valence-electron chi connectivity index (χ1n) is 16.5. The molecule has 8 nitrogen and oxygen atoms in total. The number of benzene rings is 6. The molecule has 0 saturated carbocycles. The summed E-state index contributed by atoms with van der Waals surface area (Å²) in [6.07, 6.45) is 3.09. The summed E-state index contributed by atoms with van der Waals surface area (Å²) in [5.41, 5.74) is 3.19. The number of ether oxygens (including phenoxy) is 4. The summed E-state index contributed by atoms with van der Waals surface area (Å²) in [7, 11) is 0. The molecule has 0 amide bonds. The molecule has 0 unspecified atom stereocenters. The second kappa shape index (κ2) is 16.2. The first-order valence-corrected chi connectivity index (χ1v) is 16.5. The SMILES string of the molecule is CCOc1cc(C=Nc2ccc3ccccc3c2)ccc1OC(=O)CCC(=O)Oc1ccc(C=Nc2ccc3ccccc3c2)cc1OCC. The lowest BCUT2D eigenvalue weighted by Crippen LogP contribution is -2.15. The lowest BCUT2D eigenvalue weighted by atomic mass is 10.1. The molecular weight excluding hydrogens is 628 g/mol. The minimum atomic E-state index is -0.592. The Kier molecular flexibility index (Phi) is 10.9. The number of nitrogens with zero attached hydrogens (tertiary/aromatic N) is 2. The fourth-order valence-electron chi connectivity index (χ4n) is 5.28. The molecule has 6 aromatic carbocycles. The maximum absolute atomic E-state index is 12.8. The normalized spacial score (nSPS) is 11.3. The lowest BCUT2D eigenvalue weighted by Gasteiger charge is -2.12. The molecule has 0 aliphatic heterocycles. The predicted octanol–water partition coefficient (Wildman–Crippen LogP) is 9.58. The van der Waals surface area contributed by atoms with E-state index in [1.807, 2.05) is 86.6 Å². The van der Waals surface area contributed by atoms with Crippen molar-refractivity contribution in [2.75, 3.05) is 13.2 Å². The summed E-state index contributed by atoms with van der Waals surface area (Å²) in [5, 5.41) is 4.50. The molecule has 250 valence electrons. The fraction of sp³-hybridized carbons (Fsp3) is 0.143. The van der Waals surface area contributed by atoms with E-state index in [2.05, 4.69) is 22.1 Å². The van der Waals surface area contributed by atoms with E-state index in [9.17, 15) is 9.59 Å². The van der Waals surface area contributed by atoms with Gasteiger partial charge in [0.05, 0.1) is 37.4 Å². The Morgan fingerprint density at radius 3 is 1.34 bits per heavy atom. The van der Waals surface area contributed by atoms with Crippen molar-refractivity contribution in [3.8, 4) is 23.0 Å². The number of esters is 2. The Balaban J connectivity index is 1.05. The van der Waals surface area contributed by atoms with Gasteiger partial charge in [-0.15, -0.1) is 0 Å². The van der Waals surface area contributed by atoms with Gasteiger partial charge in [0.25, 0.3) is 0 Å². The predicted molar refractivity (Wildman–Crippen MR) is 198 cm³/mol. The van der Waals surface area contributed by atoms with Crippen LogP contribution >= 0.6 is 0 Å². The van der Waals surface area contributed by atoms with E-state index in [0.29, 0.717) is 24.7 Å². The molecule has 0 radical (unpaired) electrons. The van der Waals surface area contributed by atoms with Crippen molar-refractivity contribution in [1.82, 2.24) is 0 Å². The quantitative estimate of drug-likeness (QED) is 0.0693. The van der Waals surface area contributed by atoms with Crippen molar-refractivity contribution in [1.29, 1.82) is 0 Å². The topological polar surface area (TPSA) is 95.8 Å². The molecule has 0 N–H and O–H groups in total. The first kappa shape index (κ1) is 33.6. The van der Waals surface area contributed by atoms with Crippen LogP contribution in [-0.2, 0) is 9.59 Å². The smallest absolute Gasteiger partial charge is 0.311 e. The average molecular weight is 665 g/mol. The van der Waals surface area contributed by atoms with Crippen LogP contribution in [0.4, 0.5) is 11.4 Å². The summed E-state index contributed by atoms with van der Waals surface area (Å²) < 4.78 is 22.6. The third kappa shape index (κ3) is 8.79. The molecule has 0 aliphatic carbocycles. The zero-order chi connectivity index (χ0) is 34.7. The van der Waals surface area contributed by atoms with Crippen LogP contribution < -0.4 is 18.9 Å². The van der Waals surface area contributed by atoms with E-state index in [-0.39, 0.29) is 24.3 Å². The van der Waals surface area contributed by atoms with Gasteiger partial charge in [-0.2, -0.15) is 0 Å². The molecule has 0 heterocycles. The highest BCUT2D eigenvalue weighted by molar-refractivity contribution is 5.90. The van der Waals surface area contributed by atoms with Gasteiger partial charge in [-0.1, -0.05) is 60.7 Å². The van der Waals surface area contributed by atoms with E-state index >= 15 is 0 Å². The summed E-state index contributed by atoms with van der Waals surface area (Å²) in [5.74, 6) is 0.129. The van der Waals surface area contributed by atoms with Gasteiger partial charge < -0.3 is 18.9 Å². The van der Waals surface area contributed by atoms with Gasteiger partial charge in [0, 0.05) is 12.4 Å². The molecule has 0 saturated heterocycles. The van der Waals surface area contributed by atoms with Crippen LogP contribution in [0.5, 0.6) is 23.0 Å². The van der Waals surface area contributed by atoms with Gasteiger partial charge in [-0.25, -0.2) is 0 Å². The number of aliphatic imine (C=N–C) groups is 2. The van der Waals surface area contributed by atoms with Crippen LogP contribution in [0.2, 0.25) is 0 Å². The molecule has 0 bridgehead atoms. The van der Waals surface area contributed by atoms with Crippen LogP contribution in [0.25, 0.3) is 21.5 Å². The molecule has 0 aromatic heterocycles. The Morgan fingerprint density at radius 1 is 0.500 bits per heavy atom. The van der Waals surface area contributed by atoms with Crippen molar-refractivity contribution < 1.29 is 28.5 Å². The van der Waals surface area contributed by atoms with Gasteiger partial charge in [-0.05, 0) is 107 Å². The second-order valence-electron chi connectivity index (χ2n) is 11.3. The zero-order valence-corrected chi connectivity index (χ0v) is 27.9. The number of carbonyl (C=O) groups excluding carboxylic acids is 2. The zero-order valence-electron chi connectivity index (χ0n) is 27.9. The molecule has 0 spiro atoms. The molecule has 0 atom stereocenters. The fourth-order valence-corrected chi connectivity index (χ4v) is 5.28. The molecule has 50 heavy (non-hydrogen) atoms. The van der Waals surface area contributed by atoms with Crippen molar-refractivity contribution in [3.05, 3.63) is 132 Å². The minimum absolute atomic E-state index is 0.184. The standard InChI is InChI=1S/C42H36N2O6/c1-3-47-39-23-29(27-43-35-17-15-31-9-5-7-11-33(31)25-35)13-19-37(39)49-41(45)21-22-42(46)50-38-20-14-30(24-40(38)48-4-2)28-44-36-18-16-32-10-6-8-12-34(32)26-36/h5-20,23-28H,3-4,21-22H2,1-2H3. The number of fused-ring (bicyclic) bond motifs is 2. The van der Waals surface area contributed by atoms with Crippen molar-refractivity contribution in [2.45, 2.75) is 26.7 Å². The molecular formula is C42H36N2O6. The van der Waals surface area contributed by atoms with E-state index in [0.717, 1.165) is 44.0 Å². The van der Waals surface area contributed by atoms with Crippen LogP contribution in [0.3, 0.4) is 0 Å². The number of rotatable bonds is 13. The Morgan fingerprint density at radius 2 is 0.920 bits per heavy atom. The molecule has 0 fully saturated rings. The highest BCUT2D eigenvalue weighted by Gasteiger charge is 2.16. The van der Waals surface area contributed by atoms with Crippen molar-refractivity contribution in [2.24, 2.45) is 9.98 Å². The number of carbonyl (C=O) groups is 2. The maximum Gasteiger partial charge on any atom is 0.311 e. The second-order valence-corrected chi connectivity index (χ2v) is 11.3.